The molecule has 2 bridgehead atoms. The number of aliphatic hydroxyl groups is 4. The van der Waals surface area contributed by atoms with Gasteiger partial charge < -0.3 is 44.1 Å². The Morgan fingerprint density at radius 1 is 0.889 bits per heavy atom. The van der Waals surface area contributed by atoms with Crippen molar-refractivity contribution in [2.75, 3.05) is 6.61 Å². The Morgan fingerprint density at radius 3 is 2.06 bits per heavy atom. The van der Waals surface area contributed by atoms with E-state index in [1.807, 2.05) is 0 Å². The standard InChI is InChI=1S/C40H46O14/c1-20-25(52-36(48)30(45)29(44)23-13-9-7-10-14-23)18-40(49)34(53-35(47)24-15-11-8-12-16-24)32-38(6,26(43)17-27-39(32,19-50-27)54-22(3)42)33(46)31(51-21(2)41)28(20)37(40,4)5/h7-16,25-27,29-32,34,43-45,49H,17-19H2,1-6H3/t25-,26+,27+,29+,30+,31-,32-,34-,38+,39-,40+/m0/s1. The number of ether oxygens (including phenoxy) is 5. The number of ketones is 1. The fourth-order valence-corrected chi connectivity index (χ4v) is 9.19. The number of hydrogen-bond donors (Lipinski definition) is 4. The molecular formula is C40H46O14. The molecule has 4 aliphatic rings. The molecule has 2 aromatic rings. The van der Waals surface area contributed by atoms with E-state index in [1.165, 1.54) is 38.1 Å². The summed E-state index contributed by atoms with van der Waals surface area (Å²) >= 11 is 0. The van der Waals surface area contributed by atoms with Crippen molar-refractivity contribution in [3.8, 4) is 0 Å². The van der Waals surface area contributed by atoms with E-state index < -0.39 is 107 Å². The third kappa shape index (κ3) is 6.04. The fourth-order valence-electron chi connectivity index (χ4n) is 9.19. The minimum absolute atomic E-state index is 0.00787. The molecule has 4 N–H and O–H groups in total. The van der Waals surface area contributed by atoms with Crippen molar-refractivity contribution in [2.45, 2.75) is 108 Å². The van der Waals surface area contributed by atoms with E-state index in [4.69, 9.17) is 23.7 Å². The maximum absolute atomic E-state index is 15.3. The van der Waals surface area contributed by atoms with Crippen LogP contribution in [-0.4, -0.2) is 105 Å². The van der Waals surface area contributed by atoms with Gasteiger partial charge in [-0.15, -0.1) is 0 Å². The molecule has 0 aromatic heterocycles. The largest absolute Gasteiger partial charge is 0.456 e. The molecule has 1 saturated heterocycles. The second kappa shape index (κ2) is 14.0. The molecule has 0 unspecified atom stereocenters. The van der Waals surface area contributed by atoms with Crippen LogP contribution in [0.4, 0.5) is 0 Å². The number of fused-ring (bicyclic) bond motifs is 5. The summed E-state index contributed by atoms with van der Waals surface area (Å²) in [5, 5.41) is 47.2. The lowest BCUT2D eigenvalue weighted by Gasteiger charge is -2.67. The average Bonchev–Trinajstić information content (AvgIpc) is 3.12. The molecule has 0 amide bonds. The summed E-state index contributed by atoms with van der Waals surface area (Å²) in [5.41, 5.74) is -7.26. The highest BCUT2D eigenvalue weighted by atomic mass is 16.6. The molecule has 1 heterocycles. The highest BCUT2D eigenvalue weighted by molar-refractivity contribution is 5.95. The van der Waals surface area contributed by atoms with E-state index >= 15 is 4.79 Å². The SMILES string of the molecule is CC(=O)O[C@@H]1C(=O)[C@]2(C)[C@H](O)C[C@H]3OC[C@@]3(OC(C)=O)[C@H]2[C@H](OC(=O)c2ccccc2)[C@]2(O)C[C@H](OC(=O)[C@H](O)[C@H](O)c3ccccc3)C(C)=C1C2(C)C. The zero-order chi connectivity index (χ0) is 39.5. The van der Waals surface area contributed by atoms with Crippen LogP contribution in [0.15, 0.2) is 71.8 Å². The molecule has 11 atom stereocenters. The molecule has 0 radical (unpaired) electrons. The van der Waals surface area contributed by atoms with E-state index in [2.05, 4.69) is 0 Å². The highest BCUT2D eigenvalue weighted by Crippen LogP contribution is 2.64. The first-order chi connectivity index (χ1) is 25.3. The van der Waals surface area contributed by atoms with Gasteiger partial charge in [0, 0.05) is 32.1 Å². The number of rotatable bonds is 8. The Hall–Kier alpha value is -4.47. The lowest BCUT2D eigenvalue weighted by Crippen LogP contribution is -2.82. The van der Waals surface area contributed by atoms with E-state index in [0.717, 1.165) is 13.8 Å². The number of carbonyl (C=O) groups excluding carboxylic acids is 5. The van der Waals surface area contributed by atoms with Gasteiger partial charge in [-0.2, -0.15) is 0 Å². The van der Waals surface area contributed by atoms with Crippen LogP contribution >= 0.6 is 0 Å². The second-order valence-corrected chi connectivity index (χ2v) is 15.5. The zero-order valence-electron chi connectivity index (χ0n) is 30.9. The molecule has 6 rings (SSSR count). The van der Waals surface area contributed by atoms with Crippen LogP contribution in [-0.2, 0) is 42.9 Å². The monoisotopic (exact) mass is 750 g/mol. The van der Waals surface area contributed by atoms with Gasteiger partial charge in [0.15, 0.2) is 23.6 Å². The molecule has 54 heavy (non-hydrogen) atoms. The minimum Gasteiger partial charge on any atom is -0.456 e. The molecular weight excluding hydrogens is 704 g/mol. The van der Waals surface area contributed by atoms with Crippen molar-refractivity contribution in [3.63, 3.8) is 0 Å². The summed E-state index contributed by atoms with van der Waals surface area (Å²) in [6, 6.07) is 15.8. The molecule has 3 fully saturated rings. The first kappa shape index (κ1) is 39.2. The van der Waals surface area contributed by atoms with Crippen LogP contribution in [0, 0.1) is 16.7 Å². The van der Waals surface area contributed by atoms with Gasteiger partial charge in [0.05, 0.1) is 29.6 Å². The van der Waals surface area contributed by atoms with Gasteiger partial charge in [0.2, 0.25) is 0 Å². The van der Waals surface area contributed by atoms with Gasteiger partial charge in [-0.05, 0) is 42.7 Å². The summed E-state index contributed by atoms with van der Waals surface area (Å²) < 4.78 is 29.8. The van der Waals surface area contributed by atoms with Crippen molar-refractivity contribution in [1.29, 1.82) is 0 Å². The zero-order valence-corrected chi connectivity index (χ0v) is 30.9. The van der Waals surface area contributed by atoms with Crippen LogP contribution in [0.5, 0.6) is 0 Å². The van der Waals surface area contributed by atoms with Crippen molar-refractivity contribution in [3.05, 3.63) is 82.9 Å². The van der Waals surface area contributed by atoms with Crippen LogP contribution in [0.2, 0.25) is 0 Å². The molecule has 2 aromatic carbocycles. The smallest absolute Gasteiger partial charge is 0.338 e. The van der Waals surface area contributed by atoms with Gasteiger partial charge in [-0.3, -0.25) is 14.4 Å². The minimum atomic E-state index is -2.35. The summed E-state index contributed by atoms with van der Waals surface area (Å²) in [6.07, 6.45) is -12.1. The van der Waals surface area contributed by atoms with Gasteiger partial charge in [0.25, 0.3) is 0 Å². The van der Waals surface area contributed by atoms with Crippen LogP contribution in [0.3, 0.4) is 0 Å². The Kier molecular flexibility index (Phi) is 10.2. The Morgan fingerprint density at radius 2 is 1.50 bits per heavy atom. The quantitative estimate of drug-likeness (QED) is 0.173. The molecule has 3 aliphatic carbocycles. The number of hydrogen-bond acceptors (Lipinski definition) is 14. The molecule has 2 saturated carbocycles. The van der Waals surface area contributed by atoms with E-state index in [-0.39, 0.29) is 35.3 Å². The van der Waals surface area contributed by atoms with Crippen LogP contribution < -0.4 is 0 Å². The third-order valence-electron chi connectivity index (χ3n) is 12.1. The van der Waals surface area contributed by atoms with Crippen LogP contribution in [0.1, 0.15) is 76.4 Å². The molecule has 290 valence electrons. The maximum Gasteiger partial charge on any atom is 0.338 e. The lowest BCUT2D eigenvalue weighted by atomic mass is 9.44. The Labute approximate surface area is 312 Å². The summed E-state index contributed by atoms with van der Waals surface area (Å²) in [6.45, 7) is 7.96. The Bertz CT molecular complexity index is 1860. The molecule has 14 heteroatoms. The van der Waals surface area contributed by atoms with Gasteiger partial charge in [-0.1, -0.05) is 62.4 Å². The number of Topliss-reactive ketones (excluding diaryl/α,β-unsaturated/α-hetero) is 1. The van der Waals surface area contributed by atoms with E-state index in [0.29, 0.717) is 0 Å². The van der Waals surface area contributed by atoms with E-state index in [1.54, 1.807) is 50.2 Å². The highest BCUT2D eigenvalue weighted by Gasteiger charge is 2.78. The number of aliphatic hydroxyl groups excluding tert-OH is 3. The number of carbonyl (C=O) groups is 5. The average molecular weight is 751 g/mol. The number of esters is 4. The molecule has 14 nitrogen and oxygen atoms in total. The second-order valence-electron chi connectivity index (χ2n) is 15.5. The van der Waals surface area contributed by atoms with Gasteiger partial charge in [-0.25, -0.2) is 9.59 Å². The maximum atomic E-state index is 15.3. The Balaban J connectivity index is 1.58. The van der Waals surface area contributed by atoms with E-state index in [9.17, 15) is 39.6 Å². The summed E-state index contributed by atoms with van der Waals surface area (Å²) in [7, 11) is 0. The van der Waals surface area contributed by atoms with Crippen molar-refractivity contribution in [1.82, 2.24) is 0 Å². The van der Waals surface area contributed by atoms with Crippen molar-refractivity contribution < 1.29 is 68.1 Å². The summed E-state index contributed by atoms with van der Waals surface area (Å²) in [4.78, 5) is 68.6. The first-order valence-corrected chi connectivity index (χ1v) is 17.8. The topological polar surface area (TPSA) is 212 Å². The predicted octanol–water partition coefficient (Wildman–Crippen LogP) is 2.30. The molecule has 1 aliphatic heterocycles. The first-order valence-electron chi connectivity index (χ1n) is 17.8. The lowest BCUT2D eigenvalue weighted by molar-refractivity contribution is -0.346. The number of benzene rings is 2. The van der Waals surface area contributed by atoms with Crippen LogP contribution in [0.25, 0.3) is 0 Å². The normalized spacial score (nSPS) is 35.0. The third-order valence-corrected chi connectivity index (χ3v) is 12.1. The fraction of sp³-hybridized carbons (Fsp3) is 0.525. The summed E-state index contributed by atoms with van der Waals surface area (Å²) in [5.74, 6) is -6.22. The van der Waals surface area contributed by atoms with Crippen molar-refractivity contribution >= 4 is 29.7 Å². The van der Waals surface area contributed by atoms with Gasteiger partial charge >= 0.3 is 23.9 Å². The van der Waals surface area contributed by atoms with Gasteiger partial charge in [0.1, 0.15) is 30.0 Å². The predicted molar refractivity (Wildman–Crippen MR) is 186 cm³/mol. The van der Waals surface area contributed by atoms with Crippen molar-refractivity contribution in [2.24, 2.45) is 16.7 Å². The molecule has 0 spiro atoms.